The molecule has 1 N–H and O–H groups in total. The first-order valence-electron chi connectivity index (χ1n) is 8.91. The Bertz CT molecular complexity index is 779. The number of rotatable bonds is 6. The summed E-state index contributed by atoms with van der Waals surface area (Å²) >= 11 is 0. The van der Waals surface area contributed by atoms with Crippen LogP contribution in [-0.4, -0.2) is 29.8 Å². The van der Waals surface area contributed by atoms with Crippen LogP contribution in [0.25, 0.3) is 0 Å². The molecule has 0 radical (unpaired) electrons. The van der Waals surface area contributed by atoms with Gasteiger partial charge >= 0.3 is 0 Å². The van der Waals surface area contributed by atoms with E-state index in [0.29, 0.717) is 25.1 Å². The normalized spacial score (nSPS) is 18.0. The van der Waals surface area contributed by atoms with E-state index in [1.807, 2.05) is 37.3 Å². The lowest BCUT2D eigenvalue weighted by Gasteiger charge is -2.19. The zero-order valence-electron chi connectivity index (χ0n) is 14.8. The van der Waals surface area contributed by atoms with Gasteiger partial charge in [-0.3, -0.25) is 9.59 Å². The zero-order valence-corrected chi connectivity index (χ0v) is 14.8. The monoisotopic (exact) mass is 354 g/mol. The Morgan fingerprint density at radius 2 is 1.88 bits per heavy atom. The summed E-state index contributed by atoms with van der Waals surface area (Å²) in [6.07, 6.45) is 0.664. The molecule has 3 rings (SSSR count). The minimum atomic E-state index is -0.353. The molecule has 136 valence electrons. The molecule has 2 amide bonds. The molecule has 0 aromatic heterocycles. The van der Waals surface area contributed by atoms with Crippen LogP contribution in [0.3, 0.4) is 0 Å². The predicted molar refractivity (Wildman–Crippen MR) is 97.8 cm³/mol. The second-order valence-electron chi connectivity index (χ2n) is 6.72. The van der Waals surface area contributed by atoms with Crippen LogP contribution in [-0.2, 0) is 16.0 Å². The van der Waals surface area contributed by atoms with Crippen LogP contribution in [0.15, 0.2) is 54.6 Å². The van der Waals surface area contributed by atoms with Gasteiger partial charge in [-0.25, -0.2) is 4.39 Å². The summed E-state index contributed by atoms with van der Waals surface area (Å²) in [5.74, 6) is -0.767. The number of nitrogens with zero attached hydrogens (tertiary/aromatic N) is 1. The summed E-state index contributed by atoms with van der Waals surface area (Å²) in [7, 11) is 0. The average molecular weight is 354 g/mol. The Morgan fingerprint density at radius 1 is 1.19 bits per heavy atom. The van der Waals surface area contributed by atoms with Crippen molar-refractivity contribution in [1.82, 2.24) is 10.2 Å². The summed E-state index contributed by atoms with van der Waals surface area (Å²) in [6.45, 7) is 2.75. The molecule has 26 heavy (non-hydrogen) atoms. The molecule has 4 nitrogen and oxygen atoms in total. The maximum atomic E-state index is 13.7. The Morgan fingerprint density at radius 3 is 2.62 bits per heavy atom. The van der Waals surface area contributed by atoms with Crippen LogP contribution in [0.1, 0.15) is 30.5 Å². The summed E-state index contributed by atoms with van der Waals surface area (Å²) in [6, 6.07) is 16.2. The van der Waals surface area contributed by atoms with Gasteiger partial charge in [-0.05, 0) is 30.5 Å². The van der Waals surface area contributed by atoms with Gasteiger partial charge in [-0.15, -0.1) is 0 Å². The highest BCUT2D eigenvalue weighted by atomic mass is 19.1. The molecule has 0 spiro atoms. The van der Waals surface area contributed by atoms with E-state index in [4.69, 9.17) is 0 Å². The van der Waals surface area contributed by atoms with E-state index < -0.39 is 0 Å². The lowest BCUT2D eigenvalue weighted by atomic mass is 10.1. The molecule has 1 saturated heterocycles. The number of halogens is 1. The first kappa shape index (κ1) is 18.1. The number of likely N-dealkylation sites (tertiary alicyclic amines) is 1. The summed E-state index contributed by atoms with van der Waals surface area (Å²) < 4.78 is 13.7. The van der Waals surface area contributed by atoms with Crippen molar-refractivity contribution in [2.45, 2.75) is 25.8 Å². The molecule has 1 heterocycles. The quantitative estimate of drug-likeness (QED) is 0.867. The number of carbonyl (C=O) groups is 2. The Balaban J connectivity index is 1.53. The van der Waals surface area contributed by atoms with Gasteiger partial charge in [0.15, 0.2) is 0 Å². The van der Waals surface area contributed by atoms with Crippen LogP contribution in [0.5, 0.6) is 0 Å². The third-order valence-corrected chi connectivity index (χ3v) is 4.85. The highest BCUT2D eigenvalue weighted by Crippen LogP contribution is 2.21. The summed E-state index contributed by atoms with van der Waals surface area (Å²) in [4.78, 5) is 26.4. The topological polar surface area (TPSA) is 49.4 Å². The van der Waals surface area contributed by atoms with Crippen molar-refractivity contribution in [3.05, 3.63) is 71.5 Å². The number of hydrogen-bond acceptors (Lipinski definition) is 2. The van der Waals surface area contributed by atoms with Crippen molar-refractivity contribution in [1.29, 1.82) is 0 Å². The molecule has 0 bridgehead atoms. The number of carbonyl (C=O) groups excluding carboxylic acids is 2. The maximum Gasteiger partial charge on any atom is 0.225 e. The van der Waals surface area contributed by atoms with Gasteiger partial charge in [0.25, 0.3) is 0 Å². The molecule has 1 fully saturated rings. The van der Waals surface area contributed by atoms with Crippen molar-refractivity contribution in [2.24, 2.45) is 5.92 Å². The third kappa shape index (κ3) is 4.28. The average Bonchev–Trinajstić information content (AvgIpc) is 3.03. The van der Waals surface area contributed by atoms with Gasteiger partial charge in [0, 0.05) is 19.5 Å². The number of amides is 2. The zero-order chi connectivity index (χ0) is 18.5. The van der Waals surface area contributed by atoms with Gasteiger partial charge < -0.3 is 10.2 Å². The third-order valence-electron chi connectivity index (χ3n) is 4.85. The van der Waals surface area contributed by atoms with Crippen LogP contribution in [0.2, 0.25) is 0 Å². The van der Waals surface area contributed by atoms with E-state index in [9.17, 15) is 14.0 Å². The highest BCUT2D eigenvalue weighted by Gasteiger charge is 2.34. The lowest BCUT2D eigenvalue weighted by molar-refractivity contribution is -0.129. The SMILES string of the molecule is CC(NC(=O)C1CC(=O)N(CCc2ccccc2F)C1)c1ccccc1. The maximum absolute atomic E-state index is 13.7. The molecular weight excluding hydrogens is 331 g/mol. The van der Waals surface area contributed by atoms with Gasteiger partial charge in [0.1, 0.15) is 5.82 Å². The highest BCUT2D eigenvalue weighted by molar-refractivity contribution is 5.89. The van der Waals surface area contributed by atoms with E-state index in [0.717, 1.165) is 5.56 Å². The van der Waals surface area contributed by atoms with E-state index >= 15 is 0 Å². The van der Waals surface area contributed by atoms with Gasteiger partial charge in [0.05, 0.1) is 12.0 Å². The van der Waals surface area contributed by atoms with Crippen molar-refractivity contribution in [3.63, 3.8) is 0 Å². The molecule has 1 aliphatic heterocycles. The van der Waals surface area contributed by atoms with Crippen LogP contribution < -0.4 is 5.32 Å². The predicted octanol–water partition coefficient (Wildman–Crippen LogP) is 3.09. The molecule has 2 aromatic carbocycles. The molecule has 2 atom stereocenters. The largest absolute Gasteiger partial charge is 0.349 e. The van der Waals surface area contributed by atoms with E-state index in [1.165, 1.54) is 6.07 Å². The molecule has 0 saturated carbocycles. The second-order valence-corrected chi connectivity index (χ2v) is 6.72. The molecule has 5 heteroatoms. The second kappa shape index (κ2) is 8.13. The molecule has 2 aromatic rings. The Hall–Kier alpha value is -2.69. The van der Waals surface area contributed by atoms with Gasteiger partial charge in [-0.1, -0.05) is 48.5 Å². The fourth-order valence-corrected chi connectivity index (χ4v) is 3.28. The van der Waals surface area contributed by atoms with Crippen LogP contribution in [0.4, 0.5) is 4.39 Å². The number of hydrogen-bond donors (Lipinski definition) is 1. The minimum Gasteiger partial charge on any atom is -0.349 e. The van der Waals surface area contributed by atoms with Crippen molar-refractivity contribution < 1.29 is 14.0 Å². The van der Waals surface area contributed by atoms with Gasteiger partial charge in [0.2, 0.25) is 11.8 Å². The van der Waals surface area contributed by atoms with Crippen molar-refractivity contribution >= 4 is 11.8 Å². The van der Waals surface area contributed by atoms with Crippen molar-refractivity contribution in [3.8, 4) is 0 Å². The number of benzene rings is 2. The Kier molecular flexibility index (Phi) is 5.66. The molecule has 1 aliphatic rings. The van der Waals surface area contributed by atoms with E-state index in [2.05, 4.69) is 5.32 Å². The van der Waals surface area contributed by atoms with Gasteiger partial charge in [-0.2, -0.15) is 0 Å². The Labute approximate surface area is 153 Å². The summed E-state index contributed by atoms with van der Waals surface area (Å²) in [5.41, 5.74) is 1.62. The fourth-order valence-electron chi connectivity index (χ4n) is 3.28. The summed E-state index contributed by atoms with van der Waals surface area (Å²) in [5, 5.41) is 2.98. The standard InChI is InChI=1S/C21H23FN2O2/c1-15(16-7-3-2-4-8-16)23-21(26)18-13-20(25)24(14-18)12-11-17-9-5-6-10-19(17)22/h2-10,15,18H,11-14H2,1H3,(H,23,26). The first-order chi connectivity index (χ1) is 12.5. The minimum absolute atomic E-state index is 0.0474. The smallest absolute Gasteiger partial charge is 0.225 e. The fraction of sp³-hybridized carbons (Fsp3) is 0.333. The van der Waals surface area contributed by atoms with Crippen molar-refractivity contribution in [2.75, 3.05) is 13.1 Å². The van der Waals surface area contributed by atoms with E-state index in [1.54, 1.807) is 23.1 Å². The van der Waals surface area contributed by atoms with Crippen LogP contribution in [0, 0.1) is 11.7 Å². The lowest BCUT2D eigenvalue weighted by Crippen LogP contribution is -2.35. The molecule has 2 unspecified atom stereocenters. The molecule has 0 aliphatic carbocycles. The molecular formula is C21H23FN2O2. The van der Waals surface area contributed by atoms with Crippen LogP contribution >= 0.6 is 0 Å². The number of nitrogens with one attached hydrogen (secondary N) is 1. The first-order valence-corrected chi connectivity index (χ1v) is 8.91. The van der Waals surface area contributed by atoms with E-state index in [-0.39, 0.29) is 36.0 Å².